The van der Waals surface area contributed by atoms with Crippen molar-refractivity contribution in [3.05, 3.63) is 34.2 Å². The normalized spacial score (nSPS) is 12.3. The van der Waals surface area contributed by atoms with E-state index in [0.717, 1.165) is 10.6 Å². The van der Waals surface area contributed by atoms with Crippen LogP contribution in [0.25, 0.3) is 5.65 Å². The summed E-state index contributed by atoms with van der Waals surface area (Å²) in [5.41, 5.74) is -0.958. The summed E-state index contributed by atoms with van der Waals surface area (Å²) in [6.45, 7) is 0. The van der Waals surface area contributed by atoms with Crippen LogP contribution in [0.2, 0.25) is 10.0 Å². The number of imidazole rings is 1. The molecule has 7 heteroatoms. The topological polar surface area (TPSA) is 17.3 Å². The number of pyridine rings is 1. The highest BCUT2D eigenvalue weighted by molar-refractivity contribution is 6.36. The van der Waals surface area contributed by atoms with Crippen LogP contribution in [0, 0.1) is 0 Å². The molecule has 0 atom stereocenters. The van der Waals surface area contributed by atoms with E-state index in [-0.39, 0.29) is 15.7 Å². The van der Waals surface area contributed by atoms with Crippen molar-refractivity contribution in [2.24, 2.45) is 0 Å². The molecule has 2 aromatic rings. The van der Waals surface area contributed by atoms with Gasteiger partial charge in [-0.05, 0) is 6.07 Å². The first kappa shape index (κ1) is 10.6. The minimum Gasteiger partial charge on any atom is -0.304 e. The van der Waals surface area contributed by atoms with Crippen molar-refractivity contribution in [3.8, 4) is 0 Å². The Hall–Kier alpha value is -0.940. The second-order valence-electron chi connectivity index (χ2n) is 2.86. The largest absolute Gasteiger partial charge is 0.434 e. The monoisotopic (exact) mass is 254 g/mol. The second kappa shape index (κ2) is 3.28. The number of hydrogen-bond acceptors (Lipinski definition) is 1. The Bertz CT molecular complexity index is 518. The summed E-state index contributed by atoms with van der Waals surface area (Å²) in [6, 6.07) is 1.34. The van der Waals surface area contributed by atoms with Crippen molar-refractivity contribution in [1.29, 1.82) is 0 Å². The lowest BCUT2D eigenvalue weighted by Crippen LogP contribution is -2.04. The van der Waals surface area contributed by atoms with Crippen LogP contribution >= 0.6 is 23.2 Å². The Balaban J connectivity index is 2.71. The quantitative estimate of drug-likeness (QED) is 0.702. The molecule has 0 aliphatic carbocycles. The molecule has 0 saturated heterocycles. The molecule has 80 valence electrons. The third-order valence-corrected chi connectivity index (χ3v) is 2.25. The van der Waals surface area contributed by atoms with E-state index in [1.807, 2.05) is 0 Å². The van der Waals surface area contributed by atoms with Crippen LogP contribution < -0.4 is 0 Å². The van der Waals surface area contributed by atoms with Crippen LogP contribution in [0.3, 0.4) is 0 Å². The number of alkyl halides is 3. The van der Waals surface area contributed by atoms with Crippen LogP contribution in [0.5, 0.6) is 0 Å². The van der Waals surface area contributed by atoms with Crippen LogP contribution in [-0.4, -0.2) is 9.38 Å². The van der Waals surface area contributed by atoms with Crippen molar-refractivity contribution in [2.75, 3.05) is 0 Å². The highest BCUT2D eigenvalue weighted by Gasteiger charge is 2.34. The van der Waals surface area contributed by atoms with Crippen LogP contribution in [0.1, 0.15) is 5.69 Å². The van der Waals surface area contributed by atoms with Gasteiger partial charge in [0.1, 0.15) is 0 Å². The molecule has 0 spiro atoms. The first-order chi connectivity index (χ1) is 6.88. The maximum atomic E-state index is 12.3. The average molecular weight is 255 g/mol. The van der Waals surface area contributed by atoms with Gasteiger partial charge in [0.05, 0.1) is 10.0 Å². The van der Waals surface area contributed by atoms with E-state index in [1.54, 1.807) is 0 Å². The van der Waals surface area contributed by atoms with Gasteiger partial charge < -0.3 is 4.40 Å². The summed E-state index contributed by atoms with van der Waals surface area (Å²) >= 11 is 11.3. The minimum atomic E-state index is -4.48. The number of rotatable bonds is 0. The molecular formula is C8H3Cl2F3N2. The van der Waals surface area contributed by atoms with Crippen LogP contribution in [0.15, 0.2) is 18.5 Å². The molecule has 0 aliphatic heterocycles. The van der Waals surface area contributed by atoms with E-state index >= 15 is 0 Å². The number of aromatic nitrogens is 2. The van der Waals surface area contributed by atoms with Gasteiger partial charge in [0.15, 0.2) is 11.3 Å². The lowest BCUT2D eigenvalue weighted by atomic mass is 10.5. The fraction of sp³-hybridized carbons (Fsp3) is 0.125. The summed E-state index contributed by atoms with van der Waals surface area (Å²) in [4.78, 5) is 3.37. The molecule has 15 heavy (non-hydrogen) atoms. The van der Waals surface area contributed by atoms with Gasteiger partial charge in [-0.3, -0.25) is 0 Å². The lowest BCUT2D eigenvalue weighted by Gasteiger charge is -1.98. The molecule has 0 bridgehead atoms. The molecule has 2 aromatic heterocycles. The van der Waals surface area contributed by atoms with E-state index in [4.69, 9.17) is 23.2 Å². The van der Waals surface area contributed by atoms with Gasteiger partial charge in [-0.15, -0.1) is 0 Å². The zero-order valence-electron chi connectivity index (χ0n) is 7.02. The van der Waals surface area contributed by atoms with Crippen molar-refractivity contribution >= 4 is 28.8 Å². The van der Waals surface area contributed by atoms with Gasteiger partial charge in [0.25, 0.3) is 0 Å². The van der Waals surface area contributed by atoms with E-state index in [2.05, 4.69) is 4.98 Å². The van der Waals surface area contributed by atoms with E-state index in [1.165, 1.54) is 12.3 Å². The summed E-state index contributed by atoms with van der Waals surface area (Å²) in [7, 11) is 0. The van der Waals surface area contributed by atoms with Crippen LogP contribution in [0.4, 0.5) is 13.2 Å². The third kappa shape index (κ3) is 1.89. The molecule has 0 fully saturated rings. The van der Waals surface area contributed by atoms with Gasteiger partial charge in [0.2, 0.25) is 0 Å². The van der Waals surface area contributed by atoms with Crippen molar-refractivity contribution in [2.45, 2.75) is 6.18 Å². The molecule has 0 unspecified atom stereocenters. The summed E-state index contributed by atoms with van der Waals surface area (Å²) in [6.07, 6.45) is -2.33. The number of halogens is 5. The predicted molar refractivity (Wildman–Crippen MR) is 50.2 cm³/mol. The first-order valence-corrected chi connectivity index (χ1v) is 4.54. The van der Waals surface area contributed by atoms with Gasteiger partial charge in [-0.2, -0.15) is 13.2 Å². The Morgan fingerprint density at radius 3 is 2.47 bits per heavy atom. The maximum absolute atomic E-state index is 12.3. The van der Waals surface area contributed by atoms with Gasteiger partial charge in [-0.1, -0.05) is 23.2 Å². The van der Waals surface area contributed by atoms with Gasteiger partial charge >= 0.3 is 6.18 Å². The van der Waals surface area contributed by atoms with Gasteiger partial charge in [-0.25, -0.2) is 4.98 Å². The molecule has 0 aromatic carbocycles. The molecular weight excluding hydrogens is 252 g/mol. The first-order valence-electron chi connectivity index (χ1n) is 3.79. The Labute approximate surface area is 92.2 Å². The zero-order chi connectivity index (χ0) is 11.2. The molecule has 0 aliphatic rings. The fourth-order valence-corrected chi connectivity index (χ4v) is 1.69. The molecule has 2 nitrogen and oxygen atoms in total. The Morgan fingerprint density at radius 1 is 1.20 bits per heavy atom. The Morgan fingerprint density at radius 2 is 1.87 bits per heavy atom. The molecule has 0 saturated carbocycles. The SMILES string of the molecule is FC(F)(F)c1cn2cc(Cl)cc(Cl)c2n1. The van der Waals surface area contributed by atoms with Crippen molar-refractivity contribution < 1.29 is 13.2 Å². The minimum absolute atomic E-state index is 0.0355. The third-order valence-electron chi connectivity index (χ3n) is 1.76. The van der Waals surface area contributed by atoms with E-state index in [0.29, 0.717) is 0 Å². The predicted octanol–water partition coefficient (Wildman–Crippen LogP) is 3.66. The molecule has 0 amide bonds. The number of fused-ring (bicyclic) bond motifs is 1. The second-order valence-corrected chi connectivity index (χ2v) is 3.70. The van der Waals surface area contributed by atoms with Crippen LogP contribution in [-0.2, 0) is 6.18 Å². The number of nitrogens with zero attached hydrogens (tertiary/aromatic N) is 2. The molecule has 2 heterocycles. The summed E-state index contributed by atoms with van der Waals surface area (Å²) in [5, 5.41) is 0.330. The molecule has 2 rings (SSSR count). The molecule has 0 radical (unpaired) electrons. The smallest absolute Gasteiger partial charge is 0.304 e. The average Bonchev–Trinajstić information content (AvgIpc) is 2.46. The highest BCUT2D eigenvalue weighted by atomic mass is 35.5. The molecule has 0 N–H and O–H groups in total. The standard InChI is InChI=1S/C8H3Cl2F3N2/c9-4-1-5(10)7-14-6(8(11,12)13)3-15(7)2-4/h1-3H. The fourth-order valence-electron chi connectivity index (χ4n) is 1.16. The Kier molecular flexibility index (Phi) is 2.31. The van der Waals surface area contributed by atoms with Crippen molar-refractivity contribution in [3.63, 3.8) is 0 Å². The van der Waals surface area contributed by atoms with Gasteiger partial charge in [0, 0.05) is 12.4 Å². The van der Waals surface area contributed by atoms with E-state index in [9.17, 15) is 13.2 Å². The summed E-state index contributed by atoms with van der Waals surface area (Å²) in [5.74, 6) is 0. The van der Waals surface area contributed by atoms with Crippen molar-refractivity contribution in [1.82, 2.24) is 9.38 Å². The number of hydrogen-bond donors (Lipinski definition) is 0. The zero-order valence-corrected chi connectivity index (χ0v) is 8.53. The van der Waals surface area contributed by atoms with E-state index < -0.39 is 11.9 Å². The summed E-state index contributed by atoms with van der Waals surface area (Å²) < 4.78 is 38.1. The lowest BCUT2D eigenvalue weighted by molar-refractivity contribution is -0.140. The highest BCUT2D eigenvalue weighted by Crippen LogP contribution is 2.30. The maximum Gasteiger partial charge on any atom is 0.434 e.